The molecule has 1 aromatic rings. The Bertz CT molecular complexity index is 473. The molecule has 7 heteroatoms. The van der Waals surface area contributed by atoms with E-state index in [-0.39, 0.29) is 23.5 Å². The van der Waals surface area contributed by atoms with Gasteiger partial charge in [-0.25, -0.2) is 14.6 Å². The monoisotopic (exact) mass is 299 g/mol. The highest BCUT2D eigenvalue weighted by Crippen LogP contribution is 2.17. The molecule has 0 spiro atoms. The smallest absolute Gasteiger partial charge is 0.347 e. The van der Waals surface area contributed by atoms with E-state index in [9.17, 15) is 9.59 Å². The second-order valence-electron chi connectivity index (χ2n) is 4.70. The molecule has 0 aliphatic rings. The Kier molecular flexibility index (Phi) is 6.44. The molecule has 1 atom stereocenters. The van der Waals surface area contributed by atoms with Gasteiger partial charge in [0.1, 0.15) is 9.88 Å². The normalized spacial score (nSPS) is 11.9. The average Bonchev–Trinajstić information content (AvgIpc) is 2.75. The van der Waals surface area contributed by atoms with Crippen molar-refractivity contribution in [1.82, 2.24) is 15.6 Å². The standard InChI is InChI=1S/C13H21N3O3S/c1-4-5-6-8(2)15-13(19)14-7-10-16-9(3)11(20-10)12(17)18/h8H,4-7H2,1-3H3,(H,17,18)(H2,14,15,19). The molecular weight excluding hydrogens is 278 g/mol. The van der Waals surface area contributed by atoms with Crippen LogP contribution in [0.1, 0.15) is 53.5 Å². The maximum Gasteiger partial charge on any atom is 0.347 e. The lowest BCUT2D eigenvalue weighted by Gasteiger charge is -2.13. The first-order valence-electron chi connectivity index (χ1n) is 6.68. The van der Waals surface area contributed by atoms with E-state index in [1.165, 1.54) is 0 Å². The van der Waals surface area contributed by atoms with Crippen LogP contribution < -0.4 is 10.6 Å². The lowest BCUT2D eigenvalue weighted by molar-refractivity contribution is 0.0701. The Labute approximate surface area is 122 Å². The number of aromatic nitrogens is 1. The van der Waals surface area contributed by atoms with Crippen molar-refractivity contribution in [1.29, 1.82) is 0 Å². The number of amides is 2. The second-order valence-corrected chi connectivity index (χ2v) is 5.78. The Morgan fingerprint density at radius 3 is 2.70 bits per heavy atom. The maximum absolute atomic E-state index is 11.7. The van der Waals surface area contributed by atoms with E-state index in [2.05, 4.69) is 22.5 Å². The van der Waals surface area contributed by atoms with Crippen LogP contribution >= 0.6 is 11.3 Å². The lowest BCUT2D eigenvalue weighted by Crippen LogP contribution is -2.40. The van der Waals surface area contributed by atoms with Crippen LogP contribution in [0.15, 0.2) is 0 Å². The number of unbranched alkanes of at least 4 members (excludes halogenated alkanes) is 1. The Morgan fingerprint density at radius 1 is 1.45 bits per heavy atom. The minimum absolute atomic E-state index is 0.127. The molecule has 6 nitrogen and oxygen atoms in total. The van der Waals surface area contributed by atoms with Crippen molar-refractivity contribution in [2.24, 2.45) is 0 Å². The number of nitrogens with one attached hydrogen (secondary N) is 2. The molecule has 112 valence electrons. The van der Waals surface area contributed by atoms with Crippen molar-refractivity contribution < 1.29 is 14.7 Å². The molecule has 0 fully saturated rings. The number of hydrogen-bond donors (Lipinski definition) is 3. The predicted molar refractivity (Wildman–Crippen MR) is 78.2 cm³/mol. The molecule has 1 heterocycles. The van der Waals surface area contributed by atoms with Gasteiger partial charge in [-0.15, -0.1) is 11.3 Å². The first-order chi connectivity index (χ1) is 9.43. The highest BCUT2D eigenvalue weighted by molar-refractivity contribution is 7.13. The van der Waals surface area contributed by atoms with Crippen LogP contribution in [0.3, 0.4) is 0 Å². The summed E-state index contributed by atoms with van der Waals surface area (Å²) in [5.41, 5.74) is 0.482. The number of carboxylic acid groups (broad SMARTS) is 1. The number of carbonyl (C=O) groups excluding carboxylic acids is 1. The van der Waals surface area contributed by atoms with Gasteiger partial charge in [-0.3, -0.25) is 0 Å². The number of aromatic carboxylic acids is 1. The summed E-state index contributed by atoms with van der Waals surface area (Å²) >= 11 is 1.09. The van der Waals surface area contributed by atoms with Crippen LogP contribution in [-0.4, -0.2) is 28.1 Å². The van der Waals surface area contributed by atoms with E-state index in [4.69, 9.17) is 5.11 Å². The van der Waals surface area contributed by atoms with Gasteiger partial charge in [-0.2, -0.15) is 0 Å². The van der Waals surface area contributed by atoms with Crippen molar-refractivity contribution in [2.75, 3.05) is 0 Å². The van der Waals surface area contributed by atoms with E-state index in [0.717, 1.165) is 30.6 Å². The molecule has 2 amide bonds. The van der Waals surface area contributed by atoms with E-state index in [0.29, 0.717) is 10.7 Å². The van der Waals surface area contributed by atoms with Crippen LogP contribution in [0.2, 0.25) is 0 Å². The molecule has 0 radical (unpaired) electrons. The SMILES string of the molecule is CCCCC(C)NC(=O)NCc1nc(C)c(C(=O)O)s1. The topological polar surface area (TPSA) is 91.3 Å². The molecular formula is C13H21N3O3S. The summed E-state index contributed by atoms with van der Waals surface area (Å²) in [5.74, 6) is -0.983. The number of carbonyl (C=O) groups is 2. The molecule has 0 bridgehead atoms. The summed E-state index contributed by atoms with van der Waals surface area (Å²) in [6, 6.07) is -0.124. The zero-order chi connectivity index (χ0) is 15.1. The zero-order valence-corrected chi connectivity index (χ0v) is 12.8. The predicted octanol–water partition coefficient (Wildman–Crippen LogP) is 2.53. The third kappa shape index (κ3) is 5.16. The van der Waals surface area contributed by atoms with Crippen LogP contribution in [-0.2, 0) is 6.54 Å². The summed E-state index contributed by atoms with van der Waals surface area (Å²) in [6.45, 7) is 5.96. The van der Waals surface area contributed by atoms with E-state index < -0.39 is 5.97 Å². The van der Waals surface area contributed by atoms with Gasteiger partial charge < -0.3 is 15.7 Å². The van der Waals surface area contributed by atoms with E-state index in [1.54, 1.807) is 6.92 Å². The Hall–Kier alpha value is -1.63. The van der Waals surface area contributed by atoms with E-state index >= 15 is 0 Å². The Balaban J connectivity index is 2.41. The van der Waals surface area contributed by atoms with Crippen LogP contribution in [0.25, 0.3) is 0 Å². The summed E-state index contributed by atoms with van der Waals surface area (Å²) in [7, 11) is 0. The van der Waals surface area contributed by atoms with Crippen molar-refractivity contribution in [2.45, 2.75) is 52.6 Å². The number of carboxylic acids is 1. The summed E-state index contributed by atoms with van der Waals surface area (Å²) in [6.07, 6.45) is 3.13. The fraction of sp³-hybridized carbons (Fsp3) is 0.615. The van der Waals surface area contributed by atoms with Crippen LogP contribution in [0.4, 0.5) is 4.79 Å². The van der Waals surface area contributed by atoms with Crippen LogP contribution in [0.5, 0.6) is 0 Å². The first kappa shape index (κ1) is 16.4. The highest BCUT2D eigenvalue weighted by Gasteiger charge is 2.14. The number of hydrogen-bond acceptors (Lipinski definition) is 4. The summed E-state index contributed by atoms with van der Waals surface area (Å²) in [5, 5.41) is 15.1. The third-order valence-electron chi connectivity index (χ3n) is 2.80. The van der Waals surface area contributed by atoms with Gasteiger partial charge >= 0.3 is 12.0 Å². The molecule has 1 unspecified atom stereocenters. The molecule has 0 saturated heterocycles. The molecule has 0 saturated carbocycles. The van der Waals surface area contributed by atoms with E-state index in [1.807, 2.05) is 6.92 Å². The molecule has 20 heavy (non-hydrogen) atoms. The highest BCUT2D eigenvalue weighted by atomic mass is 32.1. The van der Waals surface area contributed by atoms with Gasteiger partial charge in [0.15, 0.2) is 0 Å². The molecule has 3 N–H and O–H groups in total. The fourth-order valence-corrected chi connectivity index (χ4v) is 2.58. The third-order valence-corrected chi connectivity index (χ3v) is 3.95. The summed E-state index contributed by atoms with van der Waals surface area (Å²) < 4.78 is 0. The minimum atomic E-state index is -0.983. The van der Waals surface area contributed by atoms with Crippen molar-refractivity contribution >= 4 is 23.3 Å². The van der Waals surface area contributed by atoms with Gasteiger partial charge in [0.05, 0.1) is 12.2 Å². The Morgan fingerprint density at radius 2 is 2.15 bits per heavy atom. The second kappa shape index (κ2) is 7.84. The number of urea groups is 1. The van der Waals surface area contributed by atoms with Crippen molar-refractivity contribution in [3.05, 3.63) is 15.6 Å². The van der Waals surface area contributed by atoms with Gasteiger partial charge in [-0.1, -0.05) is 19.8 Å². The van der Waals surface area contributed by atoms with Crippen molar-refractivity contribution in [3.63, 3.8) is 0 Å². The number of rotatable bonds is 7. The zero-order valence-electron chi connectivity index (χ0n) is 12.0. The lowest BCUT2D eigenvalue weighted by atomic mass is 10.1. The van der Waals surface area contributed by atoms with Gasteiger partial charge in [0.2, 0.25) is 0 Å². The molecule has 0 aliphatic carbocycles. The maximum atomic E-state index is 11.7. The summed E-state index contributed by atoms with van der Waals surface area (Å²) in [4.78, 5) is 26.9. The fourth-order valence-electron chi connectivity index (χ4n) is 1.74. The number of aryl methyl sites for hydroxylation is 1. The minimum Gasteiger partial charge on any atom is -0.477 e. The largest absolute Gasteiger partial charge is 0.477 e. The number of thiazole rings is 1. The first-order valence-corrected chi connectivity index (χ1v) is 7.49. The van der Waals surface area contributed by atoms with Gasteiger partial charge in [0.25, 0.3) is 0 Å². The van der Waals surface area contributed by atoms with Crippen LogP contribution in [0, 0.1) is 6.92 Å². The molecule has 0 aromatic carbocycles. The van der Waals surface area contributed by atoms with Gasteiger partial charge in [0, 0.05) is 6.04 Å². The molecule has 1 aromatic heterocycles. The molecule has 1 rings (SSSR count). The average molecular weight is 299 g/mol. The number of nitrogens with zero attached hydrogens (tertiary/aromatic N) is 1. The quantitative estimate of drug-likeness (QED) is 0.721. The van der Waals surface area contributed by atoms with Crippen molar-refractivity contribution in [3.8, 4) is 0 Å². The van der Waals surface area contributed by atoms with Gasteiger partial charge in [-0.05, 0) is 20.3 Å². The molecule has 0 aliphatic heterocycles.